The number of nitrogens with zero attached hydrogens (tertiary/aromatic N) is 3. The number of carbonyl (C=O) groups excluding carboxylic acids is 1. The van der Waals surface area contributed by atoms with Crippen LogP contribution < -0.4 is 17.0 Å². The van der Waals surface area contributed by atoms with Crippen molar-refractivity contribution in [1.82, 2.24) is 14.1 Å². The van der Waals surface area contributed by atoms with Gasteiger partial charge >= 0.3 is 0 Å². The zero-order valence-corrected chi connectivity index (χ0v) is 16.8. The van der Waals surface area contributed by atoms with Crippen molar-refractivity contribution in [2.24, 2.45) is 5.73 Å². The molecule has 8 heteroatoms. The number of pyridine rings is 2. The molecule has 0 radical (unpaired) electrons. The molecule has 0 bridgehead atoms. The van der Waals surface area contributed by atoms with E-state index in [2.05, 4.69) is 4.98 Å². The molecule has 3 heterocycles. The Morgan fingerprint density at radius 1 is 1.13 bits per heavy atom. The number of aryl methyl sites for hydroxylation is 2. The highest BCUT2D eigenvalue weighted by molar-refractivity contribution is 6.11. The largest absolute Gasteiger partial charge is 0.508 e. The average Bonchev–Trinajstić information content (AvgIpc) is 2.99. The number of benzene rings is 1. The average molecular weight is 403 g/mol. The summed E-state index contributed by atoms with van der Waals surface area (Å²) in [5.41, 5.74) is 15.2. The van der Waals surface area contributed by atoms with Crippen molar-refractivity contribution in [3.05, 3.63) is 75.5 Å². The van der Waals surface area contributed by atoms with E-state index in [4.69, 9.17) is 11.5 Å². The summed E-state index contributed by atoms with van der Waals surface area (Å²) in [7, 11) is 0. The number of nitrogen functional groups attached to an aromatic ring is 1. The summed E-state index contributed by atoms with van der Waals surface area (Å²) in [6.45, 7) is 5.39. The van der Waals surface area contributed by atoms with Gasteiger partial charge in [0.25, 0.3) is 11.5 Å². The molecule has 0 saturated carbocycles. The van der Waals surface area contributed by atoms with Crippen LogP contribution in [0.15, 0.2) is 47.5 Å². The number of phenolic OH excluding ortho intramolecular Hbond substituents is 1. The maximum Gasteiger partial charge on any atom is 0.265 e. The maximum absolute atomic E-state index is 13.5. The van der Waals surface area contributed by atoms with Crippen LogP contribution in [0.1, 0.15) is 27.2 Å². The smallest absolute Gasteiger partial charge is 0.265 e. The first-order chi connectivity index (χ1) is 14.2. The van der Waals surface area contributed by atoms with Crippen molar-refractivity contribution in [1.29, 1.82) is 0 Å². The lowest BCUT2D eigenvalue weighted by atomic mass is 10.1. The van der Waals surface area contributed by atoms with Crippen LogP contribution in [0, 0.1) is 20.8 Å². The van der Waals surface area contributed by atoms with Crippen LogP contribution in [0.2, 0.25) is 0 Å². The molecule has 0 aliphatic heterocycles. The second-order valence-electron chi connectivity index (χ2n) is 7.23. The van der Waals surface area contributed by atoms with E-state index in [1.165, 1.54) is 4.57 Å². The monoisotopic (exact) mass is 403 g/mol. The number of nitrogens with two attached hydrogens (primary N) is 2. The Morgan fingerprint density at radius 3 is 2.50 bits per heavy atom. The van der Waals surface area contributed by atoms with Gasteiger partial charge in [-0.3, -0.25) is 23.7 Å². The summed E-state index contributed by atoms with van der Waals surface area (Å²) in [5, 5.41) is 10.4. The minimum atomic E-state index is -0.801. The fourth-order valence-corrected chi connectivity index (χ4v) is 3.96. The molecule has 152 valence electrons. The molecule has 4 aromatic rings. The molecule has 4 rings (SSSR count). The fourth-order valence-electron chi connectivity index (χ4n) is 3.96. The van der Waals surface area contributed by atoms with Crippen molar-refractivity contribution < 1.29 is 9.90 Å². The Bertz CT molecular complexity index is 1380. The summed E-state index contributed by atoms with van der Waals surface area (Å²) in [6, 6.07) is 8.58. The van der Waals surface area contributed by atoms with E-state index < -0.39 is 11.5 Å². The quantitative estimate of drug-likeness (QED) is 0.484. The number of aromatic hydroxyl groups is 1. The van der Waals surface area contributed by atoms with Crippen LogP contribution in [-0.2, 0) is 0 Å². The molecule has 1 amide bonds. The lowest BCUT2D eigenvalue weighted by Crippen LogP contribution is -2.23. The normalized spacial score (nSPS) is 11.2. The SMILES string of the molecule is Cc1ccc(O)c(C)c1-n1c(N)c(C(N)=O)c2c(=O)n(-c3cccnc3)c(C)cc21. The van der Waals surface area contributed by atoms with Gasteiger partial charge in [-0.2, -0.15) is 0 Å². The van der Waals surface area contributed by atoms with Gasteiger partial charge in [0.1, 0.15) is 11.6 Å². The third-order valence-corrected chi connectivity index (χ3v) is 5.34. The Kier molecular flexibility index (Phi) is 4.34. The third kappa shape index (κ3) is 2.65. The van der Waals surface area contributed by atoms with E-state index in [1.807, 2.05) is 6.92 Å². The number of fused-ring (bicyclic) bond motifs is 1. The lowest BCUT2D eigenvalue weighted by Gasteiger charge is -2.16. The van der Waals surface area contributed by atoms with Crippen LogP contribution in [0.5, 0.6) is 5.75 Å². The van der Waals surface area contributed by atoms with E-state index in [9.17, 15) is 14.7 Å². The minimum absolute atomic E-state index is 0.0465. The van der Waals surface area contributed by atoms with E-state index >= 15 is 0 Å². The molecular weight excluding hydrogens is 382 g/mol. The summed E-state index contributed by atoms with van der Waals surface area (Å²) >= 11 is 0. The maximum atomic E-state index is 13.5. The minimum Gasteiger partial charge on any atom is -0.508 e. The van der Waals surface area contributed by atoms with E-state index in [0.717, 1.165) is 5.56 Å². The van der Waals surface area contributed by atoms with Crippen molar-refractivity contribution in [3.8, 4) is 17.1 Å². The highest BCUT2D eigenvalue weighted by Gasteiger charge is 2.26. The predicted octanol–water partition coefficient (Wildman–Crippen LogP) is 2.49. The van der Waals surface area contributed by atoms with Gasteiger partial charge in [0.15, 0.2) is 0 Å². The number of hydrogen-bond donors (Lipinski definition) is 3. The summed E-state index contributed by atoms with van der Waals surface area (Å²) in [6.07, 6.45) is 3.17. The predicted molar refractivity (Wildman–Crippen MR) is 115 cm³/mol. The highest BCUT2D eigenvalue weighted by atomic mass is 16.3. The molecule has 30 heavy (non-hydrogen) atoms. The van der Waals surface area contributed by atoms with Crippen LogP contribution >= 0.6 is 0 Å². The first-order valence-corrected chi connectivity index (χ1v) is 9.30. The molecule has 1 aromatic carbocycles. The zero-order valence-electron chi connectivity index (χ0n) is 16.8. The van der Waals surface area contributed by atoms with Crippen LogP contribution in [0.25, 0.3) is 22.3 Å². The molecule has 3 aromatic heterocycles. The number of carbonyl (C=O) groups is 1. The van der Waals surface area contributed by atoms with Gasteiger partial charge in [-0.1, -0.05) is 6.07 Å². The number of primary amides is 1. The molecule has 8 nitrogen and oxygen atoms in total. The van der Waals surface area contributed by atoms with E-state index in [1.54, 1.807) is 61.1 Å². The molecule has 0 unspecified atom stereocenters. The number of aromatic nitrogens is 3. The molecular formula is C22H21N5O3. The number of rotatable bonds is 3. The third-order valence-electron chi connectivity index (χ3n) is 5.34. The van der Waals surface area contributed by atoms with Crippen LogP contribution in [0.3, 0.4) is 0 Å². The van der Waals surface area contributed by atoms with Gasteiger partial charge in [-0.25, -0.2) is 0 Å². The van der Waals surface area contributed by atoms with Crippen molar-refractivity contribution >= 4 is 22.6 Å². The first kappa shape index (κ1) is 19.3. The van der Waals surface area contributed by atoms with Gasteiger partial charge in [0.05, 0.1) is 34.0 Å². The van der Waals surface area contributed by atoms with Gasteiger partial charge in [-0.05, 0) is 50.6 Å². The summed E-state index contributed by atoms with van der Waals surface area (Å²) < 4.78 is 3.08. The fraction of sp³-hybridized carbons (Fsp3) is 0.136. The van der Waals surface area contributed by atoms with Crippen molar-refractivity contribution in [3.63, 3.8) is 0 Å². The standard InChI is InChI=1S/C22H21N5O3/c1-11-6-7-16(28)13(3)19(11)27-15-9-12(2)26(14-5-4-8-25-10-14)22(30)17(15)18(20(27)23)21(24)29/h4-10,28H,23H2,1-3H3,(H2,24,29). The van der Waals surface area contributed by atoms with Gasteiger partial charge in [0, 0.05) is 17.5 Å². The summed E-state index contributed by atoms with van der Waals surface area (Å²) in [5.74, 6) is -0.668. The van der Waals surface area contributed by atoms with Gasteiger partial charge in [-0.15, -0.1) is 0 Å². The zero-order chi connectivity index (χ0) is 21.7. The Labute approximate surface area is 172 Å². The van der Waals surface area contributed by atoms with Crippen LogP contribution in [0.4, 0.5) is 5.82 Å². The van der Waals surface area contributed by atoms with E-state index in [-0.39, 0.29) is 22.5 Å². The Hall–Kier alpha value is -4.07. The van der Waals surface area contributed by atoms with Crippen LogP contribution in [-0.4, -0.2) is 25.1 Å². The number of anilines is 1. The second kappa shape index (κ2) is 6.77. The van der Waals surface area contributed by atoms with E-state index in [0.29, 0.717) is 28.1 Å². The molecule has 0 aliphatic rings. The Balaban J connectivity index is 2.22. The second-order valence-corrected chi connectivity index (χ2v) is 7.23. The molecule has 0 atom stereocenters. The number of amides is 1. The molecule has 0 spiro atoms. The molecule has 0 aliphatic carbocycles. The topological polar surface area (TPSA) is 129 Å². The molecule has 0 fully saturated rings. The van der Waals surface area contributed by atoms with Crippen molar-refractivity contribution in [2.45, 2.75) is 20.8 Å². The first-order valence-electron chi connectivity index (χ1n) is 9.30. The van der Waals surface area contributed by atoms with Gasteiger partial charge in [0.2, 0.25) is 0 Å². The lowest BCUT2D eigenvalue weighted by molar-refractivity contribution is 0.100. The number of phenols is 1. The highest BCUT2D eigenvalue weighted by Crippen LogP contribution is 2.35. The van der Waals surface area contributed by atoms with Crippen molar-refractivity contribution in [2.75, 3.05) is 5.73 Å². The molecule has 5 N–H and O–H groups in total. The number of hydrogen-bond acceptors (Lipinski definition) is 5. The Morgan fingerprint density at radius 2 is 1.87 bits per heavy atom. The molecule has 0 saturated heterocycles. The summed E-state index contributed by atoms with van der Waals surface area (Å²) in [4.78, 5) is 29.9. The van der Waals surface area contributed by atoms with Gasteiger partial charge < -0.3 is 16.6 Å².